The number of nitrogens with one attached hydrogen (secondary N) is 1. The molecule has 0 atom stereocenters. The van der Waals surface area contributed by atoms with Crippen molar-refractivity contribution in [3.63, 3.8) is 0 Å². The van der Waals surface area contributed by atoms with Crippen molar-refractivity contribution in [3.05, 3.63) is 53.6 Å². The molecule has 3 aromatic rings. The van der Waals surface area contributed by atoms with Crippen LogP contribution in [-0.2, 0) is 11.3 Å². The minimum Gasteiger partial charge on any atom is -0.326 e. The Hall–Kier alpha value is -2.50. The molecule has 2 aliphatic rings. The molecule has 1 fully saturated rings. The van der Waals surface area contributed by atoms with Gasteiger partial charge in [0.25, 0.3) is 0 Å². The lowest BCUT2D eigenvalue weighted by Crippen LogP contribution is -2.32. The summed E-state index contributed by atoms with van der Waals surface area (Å²) in [6, 6.07) is 14.9. The molecule has 1 saturated heterocycles. The number of anilines is 1. The van der Waals surface area contributed by atoms with Crippen LogP contribution < -0.4 is 5.32 Å². The van der Waals surface area contributed by atoms with E-state index in [0.29, 0.717) is 13.0 Å². The second-order valence-electron chi connectivity index (χ2n) is 7.91. The summed E-state index contributed by atoms with van der Waals surface area (Å²) in [5.41, 5.74) is 4.43. The van der Waals surface area contributed by atoms with Gasteiger partial charge in [0.05, 0.1) is 6.54 Å². The highest BCUT2D eigenvalue weighted by Gasteiger charge is 2.18. The van der Waals surface area contributed by atoms with Crippen molar-refractivity contribution >= 4 is 39.2 Å². The van der Waals surface area contributed by atoms with Gasteiger partial charge < -0.3 is 10.2 Å². The van der Waals surface area contributed by atoms with Crippen molar-refractivity contribution in [1.82, 2.24) is 4.90 Å². The molecule has 0 unspecified atom stereocenters. The number of likely N-dealkylation sites (tertiary alicyclic amines) is 1. The van der Waals surface area contributed by atoms with Gasteiger partial charge in [-0.1, -0.05) is 24.6 Å². The van der Waals surface area contributed by atoms with Gasteiger partial charge >= 0.3 is 0 Å². The second kappa shape index (κ2) is 8.09. The lowest BCUT2D eigenvalue weighted by Gasteiger charge is -2.26. The number of carbonyl (C=O) groups is 1. The Morgan fingerprint density at radius 1 is 1.10 bits per heavy atom. The smallest absolute Gasteiger partial charge is 0.225 e. The molecule has 29 heavy (non-hydrogen) atoms. The fourth-order valence-corrected chi connectivity index (χ4v) is 5.40. The summed E-state index contributed by atoms with van der Waals surface area (Å²) in [6.07, 6.45) is 6.30. The molecule has 0 saturated carbocycles. The molecule has 2 aromatic carbocycles. The van der Waals surface area contributed by atoms with Gasteiger partial charge in [-0.3, -0.25) is 9.79 Å². The topological polar surface area (TPSA) is 44.7 Å². The van der Waals surface area contributed by atoms with Crippen LogP contribution in [0.4, 0.5) is 5.69 Å². The van der Waals surface area contributed by atoms with E-state index < -0.39 is 0 Å². The molecule has 5 heteroatoms. The normalized spacial score (nSPS) is 16.3. The van der Waals surface area contributed by atoms with Crippen LogP contribution in [0.25, 0.3) is 20.5 Å². The monoisotopic (exact) mass is 403 g/mol. The molecule has 1 aromatic heterocycles. The first kappa shape index (κ1) is 18.5. The fourth-order valence-electron chi connectivity index (χ4n) is 4.29. The number of hydrogen-bond donors (Lipinski definition) is 1. The zero-order valence-corrected chi connectivity index (χ0v) is 17.3. The van der Waals surface area contributed by atoms with Crippen molar-refractivity contribution in [2.75, 3.05) is 25.0 Å². The number of aliphatic imine (C=N–C) groups is 1. The molecule has 2 aliphatic heterocycles. The molecule has 1 N–H and O–H groups in total. The van der Waals surface area contributed by atoms with E-state index in [4.69, 9.17) is 0 Å². The molecule has 3 heterocycles. The molecule has 0 radical (unpaired) electrons. The zero-order chi connectivity index (χ0) is 19.6. The zero-order valence-electron chi connectivity index (χ0n) is 16.5. The summed E-state index contributed by atoms with van der Waals surface area (Å²) in [4.78, 5) is 20.7. The Labute approximate surface area is 175 Å². The van der Waals surface area contributed by atoms with Crippen LogP contribution in [-0.4, -0.2) is 36.7 Å². The summed E-state index contributed by atoms with van der Waals surface area (Å²) in [5, 5.41) is 4.39. The Morgan fingerprint density at radius 3 is 2.83 bits per heavy atom. The fraction of sp³-hybridized carbons (Fsp3) is 0.333. The molecular weight excluding hydrogens is 378 g/mol. The lowest BCUT2D eigenvalue weighted by atomic mass is 10.00. The van der Waals surface area contributed by atoms with E-state index in [1.54, 1.807) is 11.3 Å². The molecule has 148 valence electrons. The van der Waals surface area contributed by atoms with Crippen LogP contribution >= 0.6 is 11.3 Å². The van der Waals surface area contributed by atoms with Gasteiger partial charge in [0.1, 0.15) is 0 Å². The number of rotatable bonds is 5. The number of piperidine rings is 1. The first-order valence-electron chi connectivity index (χ1n) is 10.4. The third kappa shape index (κ3) is 3.98. The number of benzene rings is 2. The number of hydrogen-bond acceptors (Lipinski definition) is 4. The van der Waals surface area contributed by atoms with Gasteiger partial charge in [-0.05, 0) is 66.7 Å². The highest BCUT2D eigenvalue weighted by atomic mass is 32.1. The van der Waals surface area contributed by atoms with Crippen LogP contribution in [0.5, 0.6) is 0 Å². The van der Waals surface area contributed by atoms with Crippen LogP contribution in [0.15, 0.2) is 47.5 Å². The summed E-state index contributed by atoms with van der Waals surface area (Å²) < 4.78 is 1.28. The Balaban J connectivity index is 1.37. The minimum atomic E-state index is 0.0905. The standard InChI is InChI=1S/C24H25N3OS/c28-24(8-11-27-9-4-1-5-10-27)26-19-12-18-15-25-16-21(18)20(14-19)23-13-17-6-2-3-7-22(17)29-23/h2-3,6-7,12-15H,1,4-5,8-11,16H2,(H,26,28). The van der Waals surface area contributed by atoms with Crippen LogP contribution in [0.3, 0.4) is 0 Å². The van der Waals surface area contributed by atoms with Crippen molar-refractivity contribution in [2.45, 2.75) is 32.2 Å². The van der Waals surface area contributed by atoms with E-state index in [2.05, 4.69) is 57.7 Å². The number of fused-ring (bicyclic) bond motifs is 2. The largest absolute Gasteiger partial charge is 0.326 e. The third-order valence-electron chi connectivity index (χ3n) is 5.84. The summed E-state index contributed by atoms with van der Waals surface area (Å²) in [7, 11) is 0. The van der Waals surface area contributed by atoms with Gasteiger partial charge in [0.15, 0.2) is 0 Å². The quantitative estimate of drug-likeness (QED) is 0.627. The first-order chi connectivity index (χ1) is 14.3. The molecule has 4 nitrogen and oxygen atoms in total. The Bertz CT molecular complexity index is 1050. The van der Waals surface area contributed by atoms with Gasteiger partial charge in [-0.25, -0.2) is 0 Å². The maximum atomic E-state index is 12.6. The van der Waals surface area contributed by atoms with E-state index in [-0.39, 0.29) is 5.91 Å². The van der Waals surface area contributed by atoms with Crippen LogP contribution in [0.2, 0.25) is 0 Å². The van der Waals surface area contributed by atoms with Crippen molar-refractivity contribution in [2.24, 2.45) is 4.99 Å². The average Bonchev–Trinajstić information content (AvgIpc) is 3.39. The minimum absolute atomic E-state index is 0.0905. The Morgan fingerprint density at radius 2 is 1.97 bits per heavy atom. The molecule has 0 spiro atoms. The SMILES string of the molecule is O=C(CCN1CCCCC1)Nc1cc2c(c(-c3cc4ccccc4s3)c1)CN=C2. The summed E-state index contributed by atoms with van der Waals surface area (Å²) >= 11 is 1.80. The number of nitrogens with zero attached hydrogens (tertiary/aromatic N) is 2. The maximum Gasteiger partial charge on any atom is 0.225 e. The van der Waals surface area contributed by atoms with Gasteiger partial charge in [-0.15, -0.1) is 11.3 Å². The highest BCUT2D eigenvalue weighted by molar-refractivity contribution is 7.22. The van der Waals surface area contributed by atoms with E-state index in [0.717, 1.165) is 30.9 Å². The van der Waals surface area contributed by atoms with Crippen molar-refractivity contribution in [3.8, 4) is 10.4 Å². The van der Waals surface area contributed by atoms with Crippen molar-refractivity contribution in [1.29, 1.82) is 0 Å². The Kier molecular flexibility index (Phi) is 5.17. The number of thiophene rings is 1. The van der Waals surface area contributed by atoms with Gasteiger partial charge in [-0.2, -0.15) is 0 Å². The lowest BCUT2D eigenvalue weighted by molar-refractivity contribution is -0.116. The van der Waals surface area contributed by atoms with E-state index >= 15 is 0 Å². The molecule has 5 rings (SSSR count). The third-order valence-corrected chi connectivity index (χ3v) is 6.99. The second-order valence-corrected chi connectivity index (χ2v) is 8.99. The summed E-state index contributed by atoms with van der Waals surface area (Å²) in [5.74, 6) is 0.0905. The van der Waals surface area contributed by atoms with Crippen LogP contribution in [0, 0.1) is 0 Å². The van der Waals surface area contributed by atoms with E-state index in [1.165, 1.54) is 45.4 Å². The van der Waals surface area contributed by atoms with Crippen LogP contribution in [0.1, 0.15) is 36.8 Å². The van der Waals surface area contributed by atoms with Gasteiger partial charge in [0, 0.05) is 40.0 Å². The summed E-state index contributed by atoms with van der Waals surface area (Å²) in [6.45, 7) is 3.81. The first-order valence-corrected chi connectivity index (χ1v) is 11.3. The van der Waals surface area contributed by atoms with Crippen molar-refractivity contribution < 1.29 is 4.79 Å². The van der Waals surface area contributed by atoms with Gasteiger partial charge in [0.2, 0.25) is 5.91 Å². The predicted molar refractivity (Wildman–Crippen MR) is 122 cm³/mol. The molecule has 0 bridgehead atoms. The highest BCUT2D eigenvalue weighted by Crippen LogP contribution is 2.39. The average molecular weight is 404 g/mol. The molecular formula is C24H25N3OS. The van der Waals surface area contributed by atoms with E-state index in [1.807, 2.05) is 6.21 Å². The molecule has 0 aliphatic carbocycles. The maximum absolute atomic E-state index is 12.6. The van der Waals surface area contributed by atoms with E-state index in [9.17, 15) is 4.79 Å². The molecule has 1 amide bonds. The number of amides is 1. The predicted octanol–water partition coefficient (Wildman–Crippen LogP) is 5.32. The number of carbonyl (C=O) groups excluding carboxylic acids is 1.